The number of hydrogen-bond acceptors (Lipinski definition) is 7. The minimum Gasteiger partial charge on any atom is -0.399 e. The molecule has 9 nitrogen and oxygen atoms in total. The Labute approximate surface area is 184 Å². The standard InChI is InChI=1S/C20H32BN3O6S/c1-19(2)20(3,4)30-21(29-19)16-5-7-17(8-6-16)22-31(27,28)14-13-23-9-11-24(12-10-23)18(26)15-25/h5-8,22,25H,9-15H2,1-4H3. The van der Waals surface area contributed by atoms with Gasteiger partial charge in [0.25, 0.3) is 0 Å². The molecule has 2 fully saturated rings. The van der Waals surface area contributed by atoms with Crippen molar-refractivity contribution in [2.24, 2.45) is 0 Å². The van der Waals surface area contributed by atoms with Crippen molar-refractivity contribution in [1.29, 1.82) is 0 Å². The molecule has 11 heteroatoms. The van der Waals surface area contributed by atoms with E-state index < -0.39 is 35.0 Å². The molecule has 0 aromatic heterocycles. The van der Waals surface area contributed by atoms with E-state index in [1.165, 1.54) is 0 Å². The third-order valence-corrected chi connectivity index (χ3v) is 7.51. The summed E-state index contributed by atoms with van der Waals surface area (Å²) in [5, 5.41) is 8.92. The number of hydrogen-bond donors (Lipinski definition) is 2. The van der Waals surface area contributed by atoms with Crippen LogP contribution in [0.5, 0.6) is 0 Å². The summed E-state index contributed by atoms with van der Waals surface area (Å²) >= 11 is 0. The first-order chi connectivity index (χ1) is 14.4. The van der Waals surface area contributed by atoms with Crippen molar-refractivity contribution < 1.29 is 27.6 Å². The van der Waals surface area contributed by atoms with Gasteiger partial charge in [-0.25, -0.2) is 8.42 Å². The zero-order valence-corrected chi connectivity index (χ0v) is 19.4. The van der Waals surface area contributed by atoms with Gasteiger partial charge in [-0.05, 0) is 45.3 Å². The van der Waals surface area contributed by atoms with Gasteiger partial charge in [0.05, 0.1) is 17.0 Å². The van der Waals surface area contributed by atoms with Gasteiger partial charge >= 0.3 is 7.12 Å². The normalized spacial score (nSPS) is 21.3. The molecule has 0 saturated carbocycles. The van der Waals surface area contributed by atoms with E-state index in [-0.39, 0.29) is 11.7 Å². The third kappa shape index (κ3) is 5.78. The van der Waals surface area contributed by atoms with E-state index in [0.717, 1.165) is 5.46 Å². The second kappa shape index (κ2) is 9.07. The first-order valence-electron chi connectivity index (χ1n) is 10.5. The molecule has 0 bridgehead atoms. The van der Waals surface area contributed by atoms with Crippen molar-refractivity contribution >= 4 is 34.2 Å². The second-order valence-electron chi connectivity index (χ2n) is 9.01. The number of rotatable bonds is 7. The van der Waals surface area contributed by atoms with Gasteiger partial charge in [0, 0.05) is 38.4 Å². The SMILES string of the molecule is CC1(C)OB(c2ccc(NS(=O)(=O)CCN3CCN(C(=O)CO)CC3)cc2)OC1(C)C. The topological polar surface area (TPSA) is 108 Å². The molecule has 2 aliphatic rings. The first kappa shape index (κ1) is 24.0. The van der Waals surface area contributed by atoms with E-state index in [2.05, 4.69) is 4.72 Å². The molecule has 0 radical (unpaired) electrons. The molecule has 172 valence electrons. The monoisotopic (exact) mass is 453 g/mol. The zero-order valence-electron chi connectivity index (χ0n) is 18.6. The number of amides is 1. The van der Waals surface area contributed by atoms with Crippen LogP contribution in [0.2, 0.25) is 0 Å². The molecule has 0 aliphatic carbocycles. The zero-order chi connectivity index (χ0) is 22.9. The minimum absolute atomic E-state index is 0.0417. The summed E-state index contributed by atoms with van der Waals surface area (Å²) in [6.07, 6.45) is 0. The highest BCUT2D eigenvalue weighted by atomic mass is 32.2. The number of anilines is 1. The summed E-state index contributed by atoms with van der Waals surface area (Å²) < 4.78 is 39.6. The summed E-state index contributed by atoms with van der Waals surface area (Å²) in [7, 11) is -4.01. The molecule has 3 rings (SSSR count). The summed E-state index contributed by atoms with van der Waals surface area (Å²) in [6.45, 7) is 9.99. The molecule has 2 N–H and O–H groups in total. The highest BCUT2D eigenvalue weighted by Crippen LogP contribution is 2.36. The maximum Gasteiger partial charge on any atom is 0.494 e. The van der Waals surface area contributed by atoms with E-state index in [1.54, 1.807) is 29.2 Å². The van der Waals surface area contributed by atoms with Crippen LogP contribution in [-0.2, 0) is 24.1 Å². The van der Waals surface area contributed by atoms with E-state index in [4.69, 9.17) is 14.4 Å². The number of nitrogens with zero attached hydrogens (tertiary/aromatic N) is 2. The maximum atomic E-state index is 12.5. The van der Waals surface area contributed by atoms with Crippen molar-refractivity contribution in [3.05, 3.63) is 24.3 Å². The molecule has 0 spiro atoms. The fourth-order valence-corrected chi connectivity index (χ4v) is 4.58. The highest BCUT2D eigenvalue weighted by Gasteiger charge is 2.51. The molecular weight excluding hydrogens is 421 g/mol. The average molecular weight is 453 g/mol. The average Bonchev–Trinajstić information content (AvgIpc) is 2.93. The lowest BCUT2D eigenvalue weighted by molar-refractivity contribution is -0.135. The third-order valence-electron chi connectivity index (χ3n) is 6.25. The molecule has 1 aromatic rings. The number of piperazine rings is 1. The molecule has 0 atom stereocenters. The predicted octanol–water partition coefficient (Wildman–Crippen LogP) is -0.136. The maximum absolute atomic E-state index is 12.5. The number of aliphatic hydroxyl groups is 1. The van der Waals surface area contributed by atoms with Gasteiger partial charge in [-0.3, -0.25) is 14.4 Å². The number of carbonyl (C=O) groups excluding carboxylic acids is 1. The van der Waals surface area contributed by atoms with Gasteiger partial charge < -0.3 is 19.3 Å². The lowest BCUT2D eigenvalue weighted by Crippen LogP contribution is -2.50. The van der Waals surface area contributed by atoms with Crippen molar-refractivity contribution in [2.45, 2.75) is 38.9 Å². The number of benzene rings is 1. The largest absolute Gasteiger partial charge is 0.494 e. The Bertz CT molecular complexity index is 867. The Hall–Kier alpha value is -1.66. The quantitative estimate of drug-likeness (QED) is 0.554. The van der Waals surface area contributed by atoms with Crippen LogP contribution < -0.4 is 10.2 Å². The summed E-state index contributed by atoms with van der Waals surface area (Å²) in [4.78, 5) is 15.1. The smallest absolute Gasteiger partial charge is 0.399 e. The van der Waals surface area contributed by atoms with Crippen LogP contribution in [0.4, 0.5) is 5.69 Å². The number of carbonyl (C=O) groups is 1. The molecule has 2 heterocycles. The number of aliphatic hydroxyl groups excluding tert-OH is 1. The molecule has 2 saturated heterocycles. The van der Waals surface area contributed by atoms with Crippen molar-refractivity contribution in [1.82, 2.24) is 9.80 Å². The van der Waals surface area contributed by atoms with E-state index in [1.807, 2.05) is 32.6 Å². The Morgan fingerprint density at radius 2 is 1.61 bits per heavy atom. The second-order valence-corrected chi connectivity index (χ2v) is 10.9. The Balaban J connectivity index is 1.50. The van der Waals surface area contributed by atoms with Crippen LogP contribution in [0.15, 0.2) is 24.3 Å². The van der Waals surface area contributed by atoms with Crippen LogP contribution >= 0.6 is 0 Å². The van der Waals surface area contributed by atoms with Gasteiger partial charge in [0.2, 0.25) is 15.9 Å². The minimum atomic E-state index is -3.51. The molecular formula is C20H32BN3O6S. The van der Waals surface area contributed by atoms with Crippen LogP contribution in [0, 0.1) is 0 Å². The fourth-order valence-electron chi connectivity index (χ4n) is 3.49. The van der Waals surface area contributed by atoms with Crippen molar-refractivity contribution in [3.8, 4) is 0 Å². The summed E-state index contributed by atoms with van der Waals surface area (Å²) in [6, 6.07) is 7.02. The van der Waals surface area contributed by atoms with Gasteiger partial charge in [0.1, 0.15) is 6.61 Å². The van der Waals surface area contributed by atoms with Gasteiger partial charge in [0.15, 0.2) is 0 Å². The van der Waals surface area contributed by atoms with Crippen molar-refractivity contribution in [2.75, 3.05) is 49.8 Å². The van der Waals surface area contributed by atoms with Crippen LogP contribution in [0.25, 0.3) is 0 Å². The summed E-state index contributed by atoms with van der Waals surface area (Å²) in [5.41, 5.74) is 0.444. The predicted molar refractivity (Wildman–Crippen MR) is 120 cm³/mol. The number of nitrogens with one attached hydrogen (secondary N) is 1. The fraction of sp³-hybridized carbons (Fsp3) is 0.650. The Morgan fingerprint density at radius 1 is 1.06 bits per heavy atom. The highest BCUT2D eigenvalue weighted by molar-refractivity contribution is 7.92. The lowest BCUT2D eigenvalue weighted by Gasteiger charge is -2.34. The van der Waals surface area contributed by atoms with Crippen LogP contribution in [-0.4, -0.2) is 92.6 Å². The number of sulfonamides is 1. The molecule has 0 unspecified atom stereocenters. The van der Waals surface area contributed by atoms with E-state index in [0.29, 0.717) is 38.4 Å². The van der Waals surface area contributed by atoms with Gasteiger partial charge in [-0.1, -0.05) is 12.1 Å². The van der Waals surface area contributed by atoms with Gasteiger partial charge in [-0.2, -0.15) is 0 Å². The van der Waals surface area contributed by atoms with Crippen LogP contribution in [0.3, 0.4) is 0 Å². The lowest BCUT2D eigenvalue weighted by atomic mass is 9.79. The molecule has 1 amide bonds. The van der Waals surface area contributed by atoms with Gasteiger partial charge in [-0.15, -0.1) is 0 Å². The molecule has 2 aliphatic heterocycles. The Kier molecular flexibility index (Phi) is 7.02. The van der Waals surface area contributed by atoms with Crippen molar-refractivity contribution in [3.63, 3.8) is 0 Å². The Morgan fingerprint density at radius 3 is 2.13 bits per heavy atom. The van der Waals surface area contributed by atoms with E-state index in [9.17, 15) is 13.2 Å². The summed E-state index contributed by atoms with van der Waals surface area (Å²) in [5.74, 6) is -0.335. The first-order valence-corrected chi connectivity index (χ1v) is 12.1. The molecule has 1 aromatic carbocycles. The van der Waals surface area contributed by atoms with Crippen LogP contribution in [0.1, 0.15) is 27.7 Å². The van der Waals surface area contributed by atoms with E-state index >= 15 is 0 Å². The molecule has 31 heavy (non-hydrogen) atoms.